The fourth-order valence-electron chi connectivity index (χ4n) is 3.50. The second-order valence-electron chi connectivity index (χ2n) is 8.57. The zero-order valence-corrected chi connectivity index (χ0v) is 21.0. The van der Waals surface area contributed by atoms with Gasteiger partial charge in [0.25, 0.3) is 0 Å². The highest BCUT2D eigenvalue weighted by atomic mass is 32.2. The Morgan fingerprint density at radius 1 is 1.09 bits per heavy atom. The van der Waals surface area contributed by atoms with E-state index in [0.717, 1.165) is 13.0 Å². The van der Waals surface area contributed by atoms with Crippen molar-refractivity contribution < 1.29 is 24.3 Å². The number of carbonyl (C=O) groups is 4. The van der Waals surface area contributed by atoms with E-state index < -0.39 is 35.9 Å². The molecule has 0 radical (unpaired) electrons. The third-order valence-corrected chi connectivity index (χ3v) is 6.07. The summed E-state index contributed by atoms with van der Waals surface area (Å²) in [4.78, 5) is 54.0. The molecule has 0 spiro atoms. The Balaban J connectivity index is 2.89. The molecule has 34 heavy (non-hydrogen) atoms. The van der Waals surface area contributed by atoms with Crippen LogP contribution in [0.15, 0.2) is 4.99 Å². The van der Waals surface area contributed by atoms with Gasteiger partial charge in [-0.1, -0.05) is 13.8 Å². The monoisotopic (exact) mass is 501 g/mol. The lowest BCUT2D eigenvalue weighted by molar-refractivity contribution is -0.142. The maximum absolute atomic E-state index is 13.1. The van der Waals surface area contributed by atoms with Crippen LogP contribution in [-0.2, 0) is 19.2 Å². The van der Waals surface area contributed by atoms with Gasteiger partial charge in [0, 0.05) is 6.54 Å². The maximum atomic E-state index is 13.1. The summed E-state index contributed by atoms with van der Waals surface area (Å²) in [5.74, 6) is -2.34. The van der Waals surface area contributed by atoms with E-state index in [0.29, 0.717) is 18.6 Å². The van der Waals surface area contributed by atoms with Crippen molar-refractivity contribution in [3.63, 3.8) is 0 Å². The zero-order valence-electron chi connectivity index (χ0n) is 20.1. The summed E-state index contributed by atoms with van der Waals surface area (Å²) in [5, 5.41) is 20.5. The summed E-state index contributed by atoms with van der Waals surface area (Å²) in [7, 11) is 0. The molecule has 0 aromatic rings. The smallest absolute Gasteiger partial charge is 0.326 e. The highest BCUT2D eigenvalue weighted by Gasteiger charge is 2.32. The molecule has 1 aliphatic rings. The Hall–Kier alpha value is -2.54. The summed E-state index contributed by atoms with van der Waals surface area (Å²) in [6.45, 7) is 4.51. The first kappa shape index (κ1) is 29.5. The lowest BCUT2D eigenvalue weighted by Crippen LogP contribution is -2.58. The minimum Gasteiger partial charge on any atom is -0.480 e. The van der Waals surface area contributed by atoms with Crippen LogP contribution in [0.25, 0.3) is 0 Å². The van der Waals surface area contributed by atoms with Gasteiger partial charge in [-0.2, -0.15) is 11.8 Å². The minimum atomic E-state index is -1.13. The van der Waals surface area contributed by atoms with Crippen molar-refractivity contribution in [2.24, 2.45) is 22.4 Å². The molecule has 1 fully saturated rings. The number of nitrogens with zero attached hydrogens (tertiary/aromatic N) is 1. The van der Waals surface area contributed by atoms with E-state index in [4.69, 9.17) is 11.5 Å². The molecule has 1 rings (SSSR count). The van der Waals surface area contributed by atoms with E-state index in [-0.39, 0.29) is 43.2 Å². The van der Waals surface area contributed by atoms with Crippen LogP contribution in [0, 0.1) is 5.92 Å². The predicted octanol–water partition coefficient (Wildman–Crippen LogP) is -1.26. The highest BCUT2D eigenvalue weighted by Crippen LogP contribution is 2.09. The number of aliphatic imine (C=N–C) groups is 1. The molecule has 194 valence electrons. The fraction of sp³-hybridized carbons (Fsp3) is 0.762. The molecule has 12 nitrogen and oxygen atoms in total. The number of carbonyl (C=O) groups excluding carboxylic acids is 3. The molecule has 0 aromatic carbocycles. The molecule has 13 heteroatoms. The number of amides is 3. The van der Waals surface area contributed by atoms with Crippen LogP contribution in [0.1, 0.15) is 46.0 Å². The largest absolute Gasteiger partial charge is 0.480 e. The Morgan fingerprint density at radius 3 is 2.32 bits per heavy atom. The predicted molar refractivity (Wildman–Crippen MR) is 132 cm³/mol. The van der Waals surface area contributed by atoms with Gasteiger partial charge in [-0.05, 0) is 56.6 Å². The first-order chi connectivity index (χ1) is 16.1. The lowest BCUT2D eigenvalue weighted by atomic mass is 10.0. The molecule has 1 aliphatic heterocycles. The number of hydrogen-bond donors (Lipinski definition) is 7. The normalized spacial score (nSPS) is 17.9. The van der Waals surface area contributed by atoms with Gasteiger partial charge in [0.1, 0.15) is 18.1 Å². The lowest BCUT2D eigenvalue weighted by Gasteiger charge is -2.27. The molecule has 0 aliphatic carbocycles. The molecule has 1 heterocycles. The number of thioether (sulfide) groups is 1. The molecule has 4 atom stereocenters. The number of rotatable bonds is 15. The molecule has 0 aromatic heterocycles. The van der Waals surface area contributed by atoms with Gasteiger partial charge in [0.15, 0.2) is 5.96 Å². The quantitative estimate of drug-likeness (QED) is 0.0812. The summed E-state index contributed by atoms with van der Waals surface area (Å²) in [5.41, 5.74) is 10.7. The standard InChI is InChI=1S/C21H39N7O5S/c1-12(2)16(19(31)27-15(20(32)33)8-11-34-3)28-18(30)14(7-5-10-25-21(22)23)26-17(29)13-6-4-9-24-13/h12-16,24H,4-11H2,1-3H3,(H,26,29)(H,27,31)(H,28,30)(H,32,33)(H4,22,23,25). The summed E-state index contributed by atoms with van der Waals surface area (Å²) >= 11 is 1.48. The van der Waals surface area contributed by atoms with Gasteiger partial charge in [-0.25, -0.2) is 4.79 Å². The number of hydrogen-bond acceptors (Lipinski definition) is 7. The Kier molecular flexibility index (Phi) is 13.3. The van der Waals surface area contributed by atoms with E-state index in [1.807, 2.05) is 6.26 Å². The van der Waals surface area contributed by atoms with Crippen LogP contribution in [-0.4, -0.2) is 84.0 Å². The van der Waals surface area contributed by atoms with Crippen LogP contribution in [0.2, 0.25) is 0 Å². The fourth-order valence-corrected chi connectivity index (χ4v) is 3.97. The van der Waals surface area contributed by atoms with E-state index in [1.54, 1.807) is 13.8 Å². The van der Waals surface area contributed by atoms with Crippen LogP contribution >= 0.6 is 11.8 Å². The molecule has 3 amide bonds. The van der Waals surface area contributed by atoms with E-state index in [2.05, 4.69) is 26.3 Å². The number of carboxylic acids is 1. The van der Waals surface area contributed by atoms with Gasteiger partial charge in [-0.15, -0.1) is 0 Å². The number of carboxylic acid groups (broad SMARTS) is 1. The first-order valence-electron chi connectivity index (χ1n) is 11.5. The number of nitrogens with one attached hydrogen (secondary N) is 4. The molecule has 0 bridgehead atoms. The molecule has 0 saturated carbocycles. The van der Waals surface area contributed by atoms with Gasteiger partial charge in [-0.3, -0.25) is 19.4 Å². The topological polar surface area (TPSA) is 201 Å². The van der Waals surface area contributed by atoms with Crippen molar-refractivity contribution in [1.82, 2.24) is 21.3 Å². The first-order valence-corrected chi connectivity index (χ1v) is 12.9. The Bertz CT molecular complexity index is 724. The number of aliphatic carboxylic acids is 1. The van der Waals surface area contributed by atoms with E-state index in [9.17, 15) is 24.3 Å². The molecule has 4 unspecified atom stereocenters. The Morgan fingerprint density at radius 2 is 1.79 bits per heavy atom. The van der Waals surface area contributed by atoms with E-state index in [1.165, 1.54) is 11.8 Å². The van der Waals surface area contributed by atoms with Crippen LogP contribution in [0.4, 0.5) is 0 Å². The molecule has 9 N–H and O–H groups in total. The second-order valence-corrected chi connectivity index (χ2v) is 9.56. The van der Waals surface area contributed by atoms with Crippen LogP contribution in [0.5, 0.6) is 0 Å². The average molecular weight is 502 g/mol. The minimum absolute atomic E-state index is 0.0637. The van der Waals surface area contributed by atoms with Crippen molar-refractivity contribution >= 4 is 41.4 Å². The molecule has 1 saturated heterocycles. The number of nitrogens with two attached hydrogens (primary N) is 2. The second kappa shape index (κ2) is 15.4. The molecular formula is C21H39N7O5S. The van der Waals surface area contributed by atoms with Crippen molar-refractivity contribution in [2.45, 2.75) is 70.1 Å². The third kappa shape index (κ3) is 10.6. The third-order valence-electron chi connectivity index (χ3n) is 5.43. The summed E-state index contributed by atoms with van der Waals surface area (Å²) in [6, 6.07) is -3.29. The van der Waals surface area contributed by atoms with Crippen molar-refractivity contribution in [3.05, 3.63) is 0 Å². The Labute approximate surface area is 204 Å². The van der Waals surface area contributed by atoms with Gasteiger partial charge in [0.2, 0.25) is 17.7 Å². The highest BCUT2D eigenvalue weighted by molar-refractivity contribution is 7.98. The van der Waals surface area contributed by atoms with Crippen LogP contribution in [0.3, 0.4) is 0 Å². The van der Waals surface area contributed by atoms with Gasteiger partial charge >= 0.3 is 5.97 Å². The van der Waals surface area contributed by atoms with Crippen molar-refractivity contribution in [3.8, 4) is 0 Å². The van der Waals surface area contributed by atoms with Crippen molar-refractivity contribution in [2.75, 3.05) is 25.1 Å². The SMILES string of the molecule is CSCCC(NC(=O)C(NC(=O)C(CCCN=C(N)N)NC(=O)C1CCCN1)C(C)C)C(=O)O. The number of guanidine groups is 1. The zero-order chi connectivity index (χ0) is 25.7. The average Bonchev–Trinajstić information content (AvgIpc) is 3.31. The molecular weight excluding hydrogens is 462 g/mol. The summed E-state index contributed by atoms with van der Waals surface area (Å²) < 4.78 is 0. The van der Waals surface area contributed by atoms with E-state index >= 15 is 0 Å². The maximum Gasteiger partial charge on any atom is 0.326 e. The van der Waals surface area contributed by atoms with Crippen LogP contribution < -0.4 is 32.7 Å². The summed E-state index contributed by atoms with van der Waals surface area (Å²) in [6.07, 6.45) is 4.36. The van der Waals surface area contributed by atoms with Crippen molar-refractivity contribution in [1.29, 1.82) is 0 Å². The van der Waals surface area contributed by atoms with Gasteiger partial charge < -0.3 is 37.8 Å². The van der Waals surface area contributed by atoms with Gasteiger partial charge in [0.05, 0.1) is 6.04 Å².